The molecule has 0 fully saturated rings. The zero-order valence-electron chi connectivity index (χ0n) is 12.8. The molecule has 0 atom stereocenters. The average molecular weight is 298 g/mol. The molecule has 5 nitrogen and oxygen atoms in total. The topological polar surface area (TPSA) is 59.9 Å². The van der Waals surface area contributed by atoms with Crippen LogP contribution in [0.1, 0.15) is 22.8 Å². The Balaban J connectivity index is 2.20. The van der Waals surface area contributed by atoms with Crippen LogP contribution >= 0.6 is 0 Å². The number of hydrogen-bond donors (Lipinski definition) is 1. The summed E-state index contributed by atoms with van der Waals surface area (Å²) in [6.45, 7) is 1.79. The monoisotopic (exact) mass is 298 g/mol. The van der Waals surface area contributed by atoms with Crippen molar-refractivity contribution in [1.82, 2.24) is 5.43 Å². The Morgan fingerprint density at radius 1 is 1.05 bits per heavy atom. The SMILES string of the molecule is COc1ccc(OC)c(/C(C)=N\NC(=O)c2ccccc2)c1. The second-order valence-electron chi connectivity index (χ2n) is 4.57. The first-order valence-corrected chi connectivity index (χ1v) is 6.77. The first-order valence-electron chi connectivity index (χ1n) is 6.77. The van der Waals surface area contributed by atoms with E-state index in [0.717, 1.165) is 5.56 Å². The Morgan fingerprint density at radius 3 is 2.41 bits per heavy atom. The van der Waals surface area contributed by atoms with Gasteiger partial charge < -0.3 is 9.47 Å². The van der Waals surface area contributed by atoms with Crippen LogP contribution < -0.4 is 14.9 Å². The third kappa shape index (κ3) is 3.63. The average Bonchev–Trinajstić information content (AvgIpc) is 2.59. The molecule has 0 aliphatic heterocycles. The van der Waals surface area contributed by atoms with E-state index in [2.05, 4.69) is 10.5 Å². The number of nitrogens with one attached hydrogen (secondary N) is 1. The Kier molecular flexibility index (Phi) is 5.14. The van der Waals surface area contributed by atoms with E-state index in [0.29, 0.717) is 22.8 Å². The molecule has 0 saturated carbocycles. The van der Waals surface area contributed by atoms with E-state index in [1.54, 1.807) is 57.5 Å². The maximum Gasteiger partial charge on any atom is 0.271 e. The van der Waals surface area contributed by atoms with Gasteiger partial charge in [-0.25, -0.2) is 5.43 Å². The number of hydrogen-bond acceptors (Lipinski definition) is 4. The number of amides is 1. The summed E-state index contributed by atoms with van der Waals surface area (Å²) in [6, 6.07) is 14.3. The molecule has 0 saturated heterocycles. The van der Waals surface area contributed by atoms with Crippen molar-refractivity contribution >= 4 is 11.6 Å². The molecular formula is C17H18N2O3. The van der Waals surface area contributed by atoms with Crippen LogP contribution in [0.5, 0.6) is 11.5 Å². The van der Waals surface area contributed by atoms with Gasteiger partial charge in [-0.15, -0.1) is 0 Å². The van der Waals surface area contributed by atoms with Crippen LogP contribution in [0.4, 0.5) is 0 Å². The van der Waals surface area contributed by atoms with Crippen LogP contribution in [0, 0.1) is 0 Å². The fourth-order valence-electron chi connectivity index (χ4n) is 1.95. The molecule has 1 N–H and O–H groups in total. The van der Waals surface area contributed by atoms with Gasteiger partial charge in [0.05, 0.1) is 19.9 Å². The van der Waals surface area contributed by atoms with Gasteiger partial charge in [0.2, 0.25) is 0 Å². The van der Waals surface area contributed by atoms with Gasteiger partial charge in [0.25, 0.3) is 5.91 Å². The van der Waals surface area contributed by atoms with Gasteiger partial charge in [0.15, 0.2) is 0 Å². The van der Waals surface area contributed by atoms with Crippen molar-refractivity contribution in [3.8, 4) is 11.5 Å². The molecule has 5 heteroatoms. The second-order valence-corrected chi connectivity index (χ2v) is 4.57. The number of benzene rings is 2. The summed E-state index contributed by atoms with van der Waals surface area (Å²) in [7, 11) is 3.18. The maximum atomic E-state index is 12.0. The Bertz CT molecular complexity index is 682. The molecule has 0 radical (unpaired) electrons. The number of rotatable bonds is 5. The molecule has 0 unspecified atom stereocenters. The molecule has 0 heterocycles. The molecule has 2 aromatic carbocycles. The number of nitrogens with zero attached hydrogens (tertiary/aromatic N) is 1. The predicted molar refractivity (Wildman–Crippen MR) is 85.7 cm³/mol. The summed E-state index contributed by atoms with van der Waals surface area (Å²) >= 11 is 0. The first kappa shape index (κ1) is 15.6. The summed E-state index contributed by atoms with van der Waals surface area (Å²) in [4.78, 5) is 12.0. The lowest BCUT2D eigenvalue weighted by Gasteiger charge is -2.10. The highest BCUT2D eigenvalue weighted by molar-refractivity contribution is 6.03. The molecule has 0 aliphatic rings. The zero-order valence-corrected chi connectivity index (χ0v) is 12.8. The maximum absolute atomic E-state index is 12.0. The van der Waals surface area contributed by atoms with E-state index in [4.69, 9.17) is 9.47 Å². The molecule has 22 heavy (non-hydrogen) atoms. The predicted octanol–water partition coefficient (Wildman–Crippen LogP) is 2.86. The normalized spacial score (nSPS) is 11.0. The lowest BCUT2D eigenvalue weighted by atomic mass is 10.1. The van der Waals surface area contributed by atoms with Crippen molar-refractivity contribution in [3.63, 3.8) is 0 Å². The Hall–Kier alpha value is -2.82. The van der Waals surface area contributed by atoms with E-state index in [9.17, 15) is 4.79 Å². The van der Waals surface area contributed by atoms with Crippen LogP contribution in [-0.4, -0.2) is 25.8 Å². The van der Waals surface area contributed by atoms with Gasteiger partial charge in [-0.05, 0) is 37.3 Å². The molecule has 0 spiro atoms. The molecular weight excluding hydrogens is 280 g/mol. The number of carbonyl (C=O) groups is 1. The highest BCUT2D eigenvalue weighted by atomic mass is 16.5. The highest BCUT2D eigenvalue weighted by Gasteiger charge is 2.09. The molecule has 0 aromatic heterocycles. The van der Waals surface area contributed by atoms with Gasteiger partial charge in [-0.2, -0.15) is 5.10 Å². The smallest absolute Gasteiger partial charge is 0.271 e. The molecule has 2 aromatic rings. The van der Waals surface area contributed by atoms with Gasteiger partial charge in [0.1, 0.15) is 11.5 Å². The second kappa shape index (κ2) is 7.26. The molecule has 0 aliphatic carbocycles. The van der Waals surface area contributed by atoms with E-state index >= 15 is 0 Å². The lowest BCUT2D eigenvalue weighted by molar-refractivity contribution is 0.0955. The van der Waals surface area contributed by atoms with Crippen molar-refractivity contribution in [3.05, 3.63) is 59.7 Å². The molecule has 2 rings (SSSR count). The van der Waals surface area contributed by atoms with E-state index < -0.39 is 0 Å². The van der Waals surface area contributed by atoms with Gasteiger partial charge >= 0.3 is 0 Å². The van der Waals surface area contributed by atoms with Gasteiger partial charge in [0, 0.05) is 11.1 Å². The van der Waals surface area contributed by atoms with Crippen LogP contribution in [0.25, 0.3) is 0 Å². The van der Waals surface area contributed by atoms with Crippen molar-refractivity contribution < 1.29 is 14.3 Å². The van der Waals surface area contributed by atoms with Crippen LogP contribution in [0.3, 0.4) is 0 Å². The summed E-state index contributed by atoms with van der Waals surface area (Å²) in [5.41, 5.74) is 4.48. The zero-order chi connectivity index (χ0) is 15.9. The minimum atomic E-state index is -0.262. The fraction of sp³-hybridized carbons (Fsp3) is 0.176. The fourth-order valence-corrected chi connectivity index (χ4v) is 1.95. The summed E-state index contributed by atoms with van der Waals surface area (Å²) in [5, 5.41) is 4.14. The van der Waals surface area contributed by atoms with Crippen molar-refractivity contribution in [2.24, 2.45) is 5.10 Å². The van der Waals surface area contributed by atoms with Crippen LogP contribution in [-0.2, 0) is 0 Å². The van der Waals surface area contributed by atoms with Crippen LogP contribution in [0.15, 0.2) is 53.6 Å². The number of carbonyl (C=O) groups excluding carboxylic acids is 1. The first-order chi connectivity index (χ1) is 10.7. The third-order valence-corrected chi connectivity index (χ3v) is 3.16. The largest absolute Gasteiger partial charge is 0.497 e. The number of ether oxygens (including phenoxy) is 2. The number of methoxy groups -OCH3 is 2. The summed E-state index contributed by atoms with van der Waals surface area (Å²) in [6.07, 6.45) is 0. The molecule has 1 amide bonds. The third-order valence-electron chi connectivity index (χ3n) is 3.16. The highest BCUT2D eigenvalue weighted by Crippen LogP contribution is 2.24. The van der Waals surface area contributed by atoms with Crippen molar-refractivity contribution in [1.29, 1.82) is 0 Å². The standard InChI is InChI=1S/C17H18N2O3/c1-12(15-11-14(21-2)9-10-16(15)22-3)18-19-17(20)13-7-5-4-6-8-13/h4-11H,1-3H3,(H,19,20)/b18-12-. The van der Waals surface area contributed by atoms with E-state index in [1.807, 2.05) is 12.1 Å². The van der Waals surface area contributed by atoms with E-state index in [1.165, 1.54) is 0 Å². The molecule has 114 valence electrons. The summed E-state index contributed by atoms with van der Waals surface area (Å²) < 4.78 is 10.5. The quantitative estimate of drug-likeness (QED) is 0.682. The van der Waals surface area contributed by atoms with Gasteiger partial charge in [-0.1, -0.05) is 18.2 Å². The Labute approximate surface area is 129 Å². The van der Waals surface area contributed by atoms with Crippen molar-refractivity contribution in [2.75, 3.05) is 14.2 Å². The minimum Gasteiger partial charge on any atom is -0.497 e. The van der Waals surface area contributed by atoms with Crippen LogP contribution in [0.2, 0.25) is 0 Å². The molecule has 0 bridgehead atoms. The van der Waals surface area contributed by atoms with E-state index in [-0.39, 0.29) is 5.91 Å². The summed E-state index contributed by atoms with van der Waals surface area (Å²) in [5.74, 6) is 1.09. The Morgan fingerprint density at radius 2 is 1.77 bits per heavy atom. The van der Waals surface area contributed by atoms with Crippen molar-refractivity contribution in [2.45, 2.75) is 6.92 Å². The van der Waals surface area contributed by atoms with Gasteiger partial charge in [-0.3, -0.25) is 4.79 Å². The number of hydrazone groups is 1. The minimum absolute atomic E-state index is 0.262. The lowest BCUT2D eigenvalue weighted by Crippen LogP contribution is -2.19.